The van der Waals surface area contributed by atoms with E-state index in [-0.39, 0.29) is 28.9 Å². The summed E-state index contributed by atoms with van der Waals surface area (Å²) in [5.74, 6) is -0.342. The topological polar surface area (TPSA) is 61.4 Å². The third-order valence-electron chi connectivity index (χ3n) is 5.84. The molecule has 1 fully saturated rings. The molecule has 4 rings (SSSR count). The lowest BCUT2D eigenvalue weighted by Crippen LogP contribution is -2.63. The molecule has 28 heavy (non-hydrogen) atoms. The number of imide groups is 1. The van der Waals surface area contributed by atoms with Gasteiger partial charge >= 0.3 is 0 Å². The highest BCUT2D eigenvalue weighted by molar-refractivity contribution is 6.26. The molecule has 1 saturated heterocycles. The number of benzene rings is 2. The van der Waals surface area contributed by atoms with Gasteiger partial charge in [0.05, 0.1) is 0 Å². The van der Waals surface area contributed by atoms with E-state index < -0.39 is 0 Å². The average molecular weight is 380 g/mol. The molecule has 0 spiro atoms. The molecule has 0 aromatic heterocycles. The van der Waals surface area contributed by atoms with Crippen LogP contribution >= 0.6 is 0 Å². The zero-order chi connectivity index (χ0) is 20.3. The van der Waals surface area contributed by atoms with Crippen LogP contribution in [0, 0.1) is 0 Å². The predicted octanol–water partition coefficient (Wildman–Crippen LogP) is 4.18. The van der Waals surface area contributed by atoms with Crippen LogP contribution in [0.5, 0.6) is 0 Å². The number of hydrogen-bond donors (Lipinski definition) is 2. The number of hydrogen-bond acceptors (Lipinski definition) is 4. The molecule has 0 radical (unpaired) electrons. The summed E-state index contributed by atoms with van der Waals surface area (Å²) in [4.78, 5) is 28.5. The maximum atomic E-state index is 13.5. The molecular weight excluding hydrogens is 350 g/mol. The monoisotopic (exact) mass is 379 g/mol. The van der Waals surface area contributed by atoms with Crippen molar-refractivity contribution in [3.8, 4) is 0 Å². The summed E-state index contributed by atoms with van der Waals surface area (Å²) in [5.41, 5.74) is 1.92. The zero-order valence-corrected chi connectivity index (χ0v) is 17.3. The van der Waals surface area contributed by atoms with Gasteiger partial charge < -0.3 is 10.6 Å². The summed E-state index contributed by atoms with van der Waals surface area (Å²) in [7, 11) is 0. The Hall–Kier alpha value is -2.40. The van der Waals surface area contributed by atoms with E-state index in [1.807, 2.05) is 37.3 Å². The third kappa shape index (κ3) is 2.98. The van der Waals surface area contributed by atoms with Crippen molar-refractivity contribution in [3.05, 3.63) is 41.5 Å². The van der Waals surface area contributed by atoms with Crippen molar-refractivity contribution in [2.75, 3.05) is 11.9 Å². The Morgan fingerprint density at radius 3 is 2.21 bits per heavy atom. The number of anilines is 1. The summed E-state index contributed by atoms with van der Waals surface area (Å²) in [6.07, 6.45) is 1.49. The maximum Gasteiger partial charge on any atom is 0.261 e. The van der Waals surface area contributed by atoms with Gasteiger partial charge in [-0.1, -0.05) is 12.1 Å². The first-order chi connectivity index (χ1) is 13.1. The molecule has 0 atom stereocenters. The minimum Gasteiger partial charge on any atom is -0.385 e. The van der Waals surface area contributed by atoms with Crippen molar-refractivity contribution in [2.24, 2.45) is 0 Å². The molecule has 0 saturated carbocycles. The standard InChI is InChI=1S/C23H29N3O2/c1-6-24-18-11-10-17-19-15(18)8-7-9-16(19)20(27)26(21(17)28)14-12-22(2,3)25-23(4,5)13-14/h7-11,14,24-25H,6,12-13H2,1-5H3. The first-order valence-electron chi connectivity index (χ1n) is 10.1. The summed E-state index contributed by atoms with van der Waals surface area (Å²) in [6, 6.07) is 9.43. The van der Waals surface area contributed by atoms with Crippen molar-refractivity contribution in [1.82, 2.24) is 10.2 Å². The Kier molecular flexibility index (Phi) is 4.27. The van der Waals surface area contributed by atoms with E-state index in [9.17, 15) is 9.59 Å². The predicted molar refractivity (Wildman–Crippen MR) is 113 cm³/mol. The molecule has 2 heterocycles. The van der Waals surface area contributed by atoms with Gasteiger partial charge in [0.25, 0.3) is 11.8 Å². The molecule has 148 valence electrons. The van der Waals surface area contributed by atoms with Crippen LogP contribution in [-0.4, -0.2) is 40.4 Å². The molecule has 2 aliphatic heterocycles. The van der Waals surface area contributed by atoms with Crippen LogP contribution in [-0.2, 0) is 0 Å². The quantitative estimate of drug-likeness (QED) is 0.786. The van der Waals surface area contributed by atoms with Crippen LogP contribution in [0.3, 0.4) is 0 Å². The number of carbonyl (C=O) groups is 2. The molecular formula is C23H29N3O2. The highest BCUT2D eigenvalue weighted by Gasteiger charge is 2.45. The zero-order valence-electron chi connectivity index (χ0n) is 17.3. The lowest BCUT2D eigenvalue weighted by atomic mass is 9.78. The molecule has 5 nitrogen and oxygen atoms in total. The molecule has 2 aliphatic rings. The lowest BCUT2D eigenvalue weighted by molar-refractivity contribution is 0.0370. The van der Waals surface area contributed by atoms with Gasteiger partial charge in [0.1, 0.15) is 0 Å². The van der Waals surface area contributed by atoms with E-state index in [0.717, 1.165) is 35.8 Å². The van der Waals surface area contributed by atoms with Crippen LogP contribution in [0.4, 0.5) is 5.69 Å². The van der Waals surface area contributed by atoms with E-state index in [0.29, 0.717) is 11.1 Å². The van der Waals surface area contributed by atoms with Crippen molar-refractivity contribution in [2.45, 2.75) is 64.6 Å². The fourth-order valence-electron chi connectivity index (χ4n) is 5.24. The second-order valence-corrected chi connectivity index (χ2v) is 9.35. The number of amides is 2. The Bertz CT molecular complexity index is 939. The molecule has 2 amide bonds. The van der Waals surface area contributed by atoms with Crippen LogP contribution in [0.2, 0.25) is 0 Å². The average Bonchev–Trinajstić information content (AvgIpc) is 2.58. The van der Waals surface area contributed by atoms with E-state index >= 15 is 0 Å². The minimum atomic E-state index is -0.171. The highest BCUT2D eigenvalue weighted by Crippen LogP contribution is 2.38. The van der Waals surface area contributed by atoms with E-state index in [4.69, 9.17) is 0 Å². The highest BCUT2D eigenvalue weighted by atomic mass is 16.2. The second kappa shape index (κ2) is 6.31. The Labute approximate surface area is 166 Å². The Morgan fingerprint density at radius 2 is 1.61 bits per heavy atom. The van der Waals surface area contributed by atoms with Gasteiger partial charge in [0.2, 0.25) is 0 Å². The molecule has 2 aromatic rings. The first kappa shape index (κ1) is 18.9. The lowest BCUT2D eigenvalue weighted by Gasteiger charge is -2.49. The van der Waals surface area contributed by atoms with Gasteiger partial charge in [-0.2, -0.15) is 0 Å². The van der Waals surface area contributed by atoms with Crippen molar-refractivity contribution in [1.29, 1.82) is 0 Å². The van der Waals surface area contributed by atoms with Gasteiger partial charge in [0, 0.05) is 51.3 Å². The van der Waals surface area contributed by atoms with Gasteiger partial charge in [-0.05, 0) is 65.7 Å². The summed E-state index contributed by atoms with van der Waals surface area (Å²) >= 11 is 0. The summed E-state index contributed by atoms with van der Waals surface area (Å²) in [6.45, 7) is 11.4. The number of carbonyl (C=O) groups excluding carboxylic acids is 2. The third-order valence-corrected chi connectivity index (χ3v) is 5.84. The largest absolute Gasteiger partial charge is 0.385 e. The number of piperidine rings is 1. The molecule has 2 aromatic carbocycles. The minimum absolute atomic E-state index is 0.122. The molecule has 0 bridgehead atoms. The van der Waals surface area contributed by atoms with Crippen molar-refractivity contribution < 1.29 is 9.59 Å². The van der Waals surface area contributed by atoms with Crippen LogP contribution < -0.4 is 10.6 Å². The molecule has 5 heteroatoms. The van der Waals surface area contributed by atoms with Gasteiger partial charge in [-0.25, -0.2) is 0 Å². The van der Waals surface area contributed by atoms with E-state index in [2.05, 4.69) is 38.3 Å². The van der Waals surface area contributed by atoms with Crippen LogP contribution in [0.1, 0.15) is 68.2 Å². The van der Waals surface area contributed by atoms with Gasteiger partial charge in [-0.15, -0.1) is 0 Å². The fourth-order valence-corrected chi connectivity index (χ4v) is 5.24. The first-order valence-corrected chi connectivity index (χ1v) is 10.1. The van der Waals surface area contributed by atoms with Crippen LogP contribution in [0.25, 0.3) is 10.8 Å². The molecule has 0 aliphatic carbocycles. The summed E-state index contributed by atoms with van der Waals surface area (Å²) in [5, 5.41) is 8.68. The van der Waals surface area contributed by atoms with Crippen molar-refractivity contribution >= 4 is 28.3 Å². The summed E-state index contributed by atoms with van der Waals surface area (Å²) < 4.78 is 0. The molecule has 2 N–H and O–H groups in total. The fraction of sp³-hybridized carbons (Fsp3) is 0.478. The number of nitrogens with one attached hydrogen (secondary N) is 2. The second-order valence-electron chi connectivity index (χ2n) is 9.35. The van der Waals surface area contributed by atoms with E-state index in [1.54, 1.807) is 0 Å². The smallest absolute Gasteiger partial charge is 0.261 e. The number of rotatable bonds is 3. The SMILES string of the molecule is CCNc1ccc2c3c(cccc13)C(=O)N(C1CC(C)(C)NC(C)(C)C1)C2=O. The number of nitrogens with zero attached hydrogens (tertiary/aromatic N) is 1. The normalized spacial score (nSPS) is 21.2. The van der Waals surface area contributed by atoms with Gasteiger partial charge in [-0.3, -0.25) is 14.5 Å². The Balaban J connectivity index is 1.83. The Morgan fingerprint density at radius 1 is 1.00 bits per heavy atom. The molecule has 0 unspecified atom stereocenters. The van der Waals surface area contributed by atoms with Crippen LogP contribution in [0.15, 0.2) is 30.3 Å². The van der Waals surface area contributed by atoms with E-state index in [1.165, 1.54) is 4.90 Å². The maximum absolute atomic E-state index is 13.5. The van der Waals surface area contributed by atoms with Crippen molar-refractivity contribution in [3.63, 3.8) is 0 Å². The van der Waals surface area contributed by atoms with Gasteiger partial charge in [0.15, 0.2) is 0 Å².